The van der Waals surface area contributed by atoms with Gasteiger partial charge in [0.05, 0.1) is 11.3 Å². The van der Waals surface area contributed by atoms with E-state index in [0.717, 1.165) is 6.07 Å². The highest BCUT2D eigenvalue weighted by Crippen LogP contribution is 2.24. The van der Waals surface area contributed by atoms with Gasteiger partial charge in [-0.3, -0.25) is 4.79 Å². The molecule has 0 aliphatic rings. The number of hydrogen-bond donors (Lipinski definition) is 2. The molecule has 0 aromatic carbocycles. The van der Waals surface area contributed by atoms with Gasteiger partial charge in [0, 0.05) is 0 Å². The first-order chi connectivity index (χ1) is 7.70. The van der Waals surface area contributed by atoms with Crippen molar-refractivity contribution in [3.8, 4) is 0 Å². The number of nitrogens with one attached hydrogen (secondary N) is 1. The molecule has 4 nitrogen and oxygen atoms in total. The zero-order valence-electron chi connectivity index (χ0n) is 8.11. The molecule has 0 radical (unpaired) electrons. The maximum Gasteiger partial charge on any atom is 0.405 e. The van der Waals surface area contributed by atoms with E-state index in [4.69, 9.17) is 17.3 Å². The zero-order chi connectivity index (χ0) is 13.2. The molecule has 1 aromatic rings. The molecule has 0 aliphatic carbocycles. The number of nitrogens with zero attached hydrogens (tertiary/aromatic N) is 1. The van der Waals surface area contributed by atoms with Crippen LogP contribution >= 0.6 is 27.5 Å². The van der Waals surface area contributed by atoms with Crippen LogP contribution < -0.4 is 11.1 Å². The van der Waals surface area contributed by atoms with Crippen molar-refractivity contribution in [3.05, 3.63) is 21.4 Å². The Balaban J connectivity index is 2.90. The molecular formula is C8H6BrClF3N3O. The lowest BCUT2D eigenvalue weighted by Crippen LogP contribution is -2.34. The third kappa shape index (κ3) is 4.04. The van der Waals surface area contributed by atoms with Gasteiger partial charge in [0.15, 0.2) is 0 Å². The van der Waals surface area contributed by atoms with Crippen LogP contribution in [0.2, 0.25) is 5.15 Å². The fourth-order valence-electron chi connectivity index (χ4n) is 0.958. The first-order valence-electron chi connectivity index (χ1n) is 4.17. The molecule has 1 rings (SSSR count). The Bertz CT molecular complexity index is 452. The van der Waals surface area contributed by atoms with Gasteiger partial charge in [0.2, 0.25) is 0 Å². The highest BCUT2D eigenvalue weighted by Gasteiger charge is 2.28. The first-order valence-corrected chi connectivity index (χ1v) is 5.34. The normalized spacial score (nSPS) is 11.4. The fourth-order valence-corrected chi connectivity index (χ4v) is 1.66. The molecule has 94 valence electrons. The second-order valence-electron chi connectivity index (χ2n) is 2.99. The number of carbonyl (C=O) groups is 1. The van der Waals surface area contributed by atoms with Crippen LogP contribution in [-0.2, 0) is 0 Å². The van der Waals surface area contributed by atoms with Crippen LogP contribution in [0.5, 0.6) is 0 Å². The Morgan fingerprint density at radius 1 is 1.59 bits per heavy atom. The average Bonchev–Trinajstić information content (AvgIpc) is 2.19. The molecule has 1 heterocycles. The molecule has 3 N–H and O–H groups in total. The molecule has 0 fully saturated rings. The van der Waals surface area contributed by atoms with Gasteiger partial charge >= 0.3 is 6.18 Å². The maximum absolute atomic E-state index is 11.9. The minimum absolute atomic E-state index is 0.0526. The standard InChI is InChI=1S/C8H6BrClF3N3O/c9-6-5(14)3(1-4(10)16-6)7(17)15-2-8(11,12)13/h1H,2,14H2,(H,15,17). The summed E-state index contributed by atoms with van der Waals surface area (Å²) < 4.78 is 35.8. The number of nitrogen functional groups attached to an aromatic ring is 1. The van der Waals surface area contributed by atoms with Gasteiger partial charge in [-0.1, -0.05) is 11.6 Å². The molecule has 1 aromatic heterocycles. The fraction of sp³-hybridized carbons (Fsp3) is 0.250. The van der Waals surface area contributed by atoms with Crippen LogP contribution in [0.4, 0.5) is 18.9 Å². The van der Waals surface area contributed by atoms with Crippen LogP contribution in [0.15, 0.2) is 10.7 Å². The summed E-state index contributed by atoms with van der Waals surface area (Å²) in [6.45, 7) is -1.44. The van der Waals surface area contributed by atoms with Crippen LogP contribution in [0.25, 0.3) is 0 Å². The summed E-state index contributed by atoms with van der Waals surface area (Å²) in [5.74, 6) is -0.968. The van der Waals surface area contributed by atoms with Crippen LogP contribution in [0, 0.1) is 0 Å². The number of halogens is 5. The molecule has 17 heavy (non-hydrogen) atoms. The first kappa shape index (κ1) is 14.0. The molecule has 0 unspecified atom stereocenters. The second-order valence-corrected chi connectivity index (χ2v) is 4.13. The summed E-state index contributed by atoms with van der Waals surface area (Å²) in [5.41, 5.74) is 5.24. The van der Waals surface area contributed by atoms with Gasteiger partial charge in [-0.25, -0.2) is 4.98 Å². The Morgan fingerprint density at radius 2 is 2.18 bits per heavy atom. The lowest BCUT2D eigenvalue weighted by atomic mass is 10.2. The van der Waals surface area contributed by atoms with Crippen molar-refractivity contribution >= 4 is 39.1 Å². The second kappa shape index (κ2) is 5.09. The topological polar surface area (TPSA) is 68.0 Å². The van der Waals surface area contributed by atoms with Gasteiger partial charge in [-0.15, -0.1) is 0 Å². The largest absolute Gasteiger partial charge is 0.405 e. The number of anilines is 1. The van der Waals surface area contributed by atoms with Crippen molar-refractivity contribution in [2.45, 2.75) is 6.18 Å². The minimum atomic E-state index is -4.49. The van der Waals surface area contributed by atoms with Gasteiger partial charge in [0.1, 0.15) is 16.3 Å². The number of amides is 1. The summed E-state index contributed by atoms with van der Waals surface area (Å²) in [6.07, 6.45) is -4.49. The third-order valence-corrected chi connectivity index (χ3v) is 2.47. The monoisotopic (exact) mass is 331 g/mol. The van der Waals surface area contributed by atoms with Gasteiger partial charge in [-0.05, 0) is 22.0 Å². The number of nitrogens with two attached hydrogens (primary N) is 1. The molecular weight excluding hydrogens is 326 g/mol. The Hall–Kier alpha value is -1.02. The number of aromatic nitrogens is 1. The predicted octanol–water partition coefficient (Wildman–Crippen LogP) is 2.37. The van der Waals surface area contributed by atoms with E-state index in [1.165, 1.54) is 0 Å². The predicted molar refractivity (Wildman–Crippen MR) is 59.7 cm³/mol. The van der Waals surface area contributed by atoms with E-state index >= 15 is 0 Å². The molecule has 0 saturated carbocycles. The van der Waals surface area contributed by atoms with Crippen LogP contribution in [0.3, 0.4) is 0 Å². The van der Waals surface area contributed by atoms with E-state index < -0.39 is 18.6 Å². The van der Waals surface area contributed by atoms with Crippen molar-refractivity contribution < 1.29 is 18.0 Å². The molecule has 0 atom stereocenters. The summed E-state index contributed by atoms with van der Waals surface area (Å²) in [7, 11) is 0. The number of hydrogen-bond acceptors (Lipinski definition) is 3. The summed E-state index contributed by atoms with van der Waals surface area (Å²) in [4.78, 5) is 15.1. The summed E-state index contributed by atoms with van der Waals surface area (Å²) in [5, 5.41) is 1.63. The average molecular weight is 333 g/mol. The van der Waals surface area contributed by atoms with E-state index in [1.807, 2.05) is 0 Å². The van der Waals surface area contributed by atoms with Gasteiger partial charge in [-0.2, -0.15) is 13.2 Å². The van der Waals surface area contributed by atoms with Crippen LogP contribution in [0.1, 0.15) is 10.4 Å². The summed E-state index contributed by atoms with van der Waals surface area (Å²) in [6, 6.07) is 1.09. The van der Waals surface area contributed by atoms with Crippen molar-refractivity contribution in [2.24, 2.45) is 0 Å². The van der Waals surface area contributed by atoms with E-state index in [-0.39, 0.29) is 21.0 Å². The third-order valence-electron chi connectivity index (χ3n) is 1.67. The maximum atomic E-state index is 11.9. The number of carbonyl (C=O) groups excluding carboxylic acids is 1. The lowest BCUT2D eigenvalue weighted by Gasteiger charge is -2.10. The van der Waals surface area contributed by atoms with E-state index in [2.05, 4.69) is 20.9 Å². The molecule has 0 aliphatic heterocycles. The highest BCUT2D eigenvalue weighted by molar-refractivity contribution is 9.10. The van der Waals surface area contributed by atoms with Crippen molar-refractivity contribution in [1.29, 1.82) is 0 Å². The zero-order valence-corrected chi connectivity index (χ0v) is 10.4. The quantitative estimate of drug-likeness (QED) is 0.817. The summed E-state index contributed by atoms with van der Waals surface area (Å²) >= 11 is 8.49. The van der Waals surface area contributed by atoms with Gasteiger partial charge in [0.25, 0.3) is 5.91 Å². The Labute approximate surface area is 107 Å². The Kier molecular flexibility index (Phi) is 4.21. The number of rotatable bonds is 2. The highest BCUT2D eigenvalue weighted by atomic mass is 79.9. The van der Waals surface area contributed by atoms with E-state index in [9.17, 15) is 18.0 Å². The van der Waals surface area contributed by atoms with Crippen molar-refractivity contribution in [2.75, 3.05) is 12.3 Å². The molecule has 9 heteroatoms. The van der Waals surface area contributed by atoms with Crippen molar-refractivity contribution in [3.63, 3.8) is 0 Å². The van der Waals surface area contributed by atoms with Crippen LogP contribution in [-0.4, -0.2) is 23.6 Å². The molecule has 1 amide bonds. The molecule has 0 bridgehead atoms. The number of pyridine rings is 1. The van der Waals surface area contributed by atoms with Gasteiger partial charge < -0.3 is 11.1 Å². The van der Waals surface area contributed by atoms with E-state index in [0.29, 0.717) is 0 Å². The smallest absolute Gasteiger partial charge is 0.396 e. The molecule has 0 spiro atoms. The SMILES string of the molecule is Nc1c(C(=O)NCC(F)(F)F)cc(Cl)nc1Br. The van der Waals surface area contributed by atoms with Crippen molar-refractivity contribution in [1.82, 2.24) is 10.3 Å². The lowest BCUT2D eigenvalue weighted by molar-refractivity contribution is -0.123. The Morgan fingerprint density at radius 3 is 2.71 bits per heavy atom. The van der Waals surface area contributed by atoms with E-state index in [1.54, 1.807) is 5.32 Å². The minimum Gasteiger partial charge on any atom is -0.396 e. The number of alkyl halides is 3. The molecule has 0 saturated heterocycles.